The lowest BCUT2D eigenvalue weighted by atomic mass is 9.89. The van der Waals surface area contributed by atoms with Crippen molar-refractivity contribution in [3.63, 3.8) is 0 Å². The Hall–Kier alpha value is -0.570. The van der Waals surface area contributed by atoms with Crippen LogP contribution in [0.25, 0.3) is 0 Å². The molecule has 0 aromatic heterocycles. The number of nitrogens with one attached hydrogen (secondary N) is 2. The minimum absolute atomic E-state index is 0.243. The van der Waals surface area contributed by atoms with Crippen LogP contribution in [0.2, 0.25) is 0 Å². The third-order valence-electron chi connectivity index (χ3n) is 3.62. The molecule has 3 nitrogen and oxygen atoms in total. The fraction of sp³-hybridized carbons (Fsp3) is 0.923. The maximum Gasteiger partial charge on any atom is 0.220 e. The first-order valence-electron chi connectivity index (χ1n) is 6.63. The Morgan fingerprint density at radius 2 is 2.00 bits per heavy atom. The number of hydrogen-bond donors (Lipinski definition) is 2. The Labute approximate surface area is 99.4 Å². The average Bonchev–Trinajstić information content (AvgIpc) is 2.27. The molecule has 16 heavy (non-hydrogen) atoms. The Morgan fingerprint density at radius 1 is 1.38 bits per heavy atom. The Kier molecular flexibility index (Phi) is 5.81. The lowest BCUT2D eigenvalue weighted by Crippen LogP contribution is -2.43. The van der Waals surface area contributed by atoms with Crippen molar-refractivity contribution in [1.82, 2.24) is 10.6 Å². The van der Waals surface area contributed by atoms with E-state index in [0.717, 1.165) is 32.4 Å². The van der Waals surface area contributed by atoms with Crippen LogP contribution in [0.4, 0.5) is 0 Å². The van der Waals surface area contributed by atoms with Crippen molar-refractivity contribution in [3.05, 3.63) is 0 Å². The van der Waals surface area contributed by atoms with Crippen LogP contribution in [0.3, 0.4) is 0 Å². The predicted octanol–water partition coefficient (Wildman–Crippen LogP) is 1.93. The molecule has 1 aliphatic heterocycles. The number of carbonyl (C=O) groups is 1. The summed E-state index contributed by atoms with van der Waals surface area (Å²) < 4.78 is 0. The summed E-state index contributed by atoms with van der Waals surface area (Å²) in [4.78, 5) is 11.9. The van der Waals surface area contributed by atoms with Crippen LogP contribution < -0.4 is 10.6 Å². The minimum Gasteiger partial charge on any atom is -0.353 e. The molecule has 1 aliphatic rings. The van der Waals surface area contributed by atoms with Gasteiger partial charge in [0.05, 0.1) is 0 Å². The highest BCUT2D eigenvalue weighted by Gasteiger charge is 2.19. The summed E-state index contributed by atoms with van der Waals surface area (Å²) >= 11 is 0. The first kappa shape index (κ1) is 13.5. The van der Waals surface area contributed by atoms with E-state index in [1.807, 2.05) is 0 Å². The van der Waals surface area contributed by atoms with Gasteiger partial charge in [0.1, 0.15) is 0 Å². The molecule has 1 heterocycles. The third-order valence-corrected chi connectivity index (χ3v) is 3.62. The highest BCUT2D eigenvalue weighted by atomic mass is 16.1. The smallest absolute Gasteiger partial charge is 0.220 e. The highest BCUT2D eigenvalue weighted by molar-refractivity contribution is 5.76. The van der Waals surface area contributed by atoms with Crippen molar-refractivity contribution in [2.45, 2.75) is 52.5 Å². The van der Waals surface area contributed by atoms with Crippen molar-refractivity contribution in [1.29, 1.82) is 0 Å². The van der Waals surface area contributed by atoms with Crippen LogP contribution in [0, 0.1) is 11.8 Å². The van der Waals surface area contributed by atoms with Crippen LogP contribution in [0.1, 0.15) is 46.5 Å². The quantitative estimate of drug-likeness (QED) is 0.752. The summed E-state index contributed by atoms with van der Waals surface area (Å²) in [6, 6.07) is 0.401. The summed E-state index contributed by atoms with van der Waals surface area (Å²) in [7, 11) is 0. The van der Waals surface area contributed by atoms with Crippen LogP contribution >= 0.6 is 0 Å². The fourth-order valence-corrected chi connectivity index (χ4v) is 2.34. The molecule has 1 rings (SSSR count). The Balaban J connectivity index is 2.28. The molecular formula is C13H26N2O. The second-order valence-electron chi connectivity index (χ2n) is 5.21. The lowest BCUT2D eigenvalue weighted by molar-refractivity contribution is -0.123. The number of carbonyl (C=O) groups excluding carboxylic acids is 1. The summed E-state index contributed by atoms with van der Waals surface area (Å²) in [5.41, 5.74) is 0. The van der Waals surface area contributed by atoms with Gasteiger partial charge in [-0.2, -0.15) is 0 Å². The van der Waals surface area contributed by atoms with Gasteiger partial charge in [-0.15, -0.1) is 0 Å². The first-order chi connectivity index (χ1) is 7.63. The molecule has 1 amide bonds. The normalized spacial score (nSPS) is 19.8. The maximum atomic E-state index is 11.9. The van der Waals surface area contributed by atoms with Crippen molar-refractivity contribution in [2.75, 3.05) is 13.1 Å². The molecule has 1 unspecified atom stereocenters. The van der Waals surface area contributed by atoms with E-state index in [0.29, 0.717) is 24.3 Å². The average molecular weight is 226 g/mol. The van der Waals surface area contributed by atoms with Crippen LogP contribution in [-0.4, -0.2) is 25.0 Å². The van der Waals surface area contributed by atoms with E-state index in [-0.39, 0.29) is 5.91 Å². The summed E-state index contributed by atoms with van der Waals surface area (Å²) in [5, 5.41) is 6.47. The zero-order valence-corrected chi connectivity index (χ0v) is 10.9. The molecule has 3 heteroatoms. The van der Waals surface area contributed by atoms with Gasteiger partial charge in [-0.1, -0.05) is 27.2 Å². The maximum absolute atomic E-state index is 11.9. The van der Waals surface area contributed by atoms with E-state index in [4.69, 9.17) is 0 Å². The number of rotatable bonds is 5. The van der Waals surface area contributed by atoms with Crippen molar-refractivity contribution < 1.29 is 4.79 Å². The second kappa shape index (κ2) is 6.89. The molecule has 0 saturated carbocycles. The van der Waals surface area contributed by atoms with E-state index < -0.39 is 0 Å². The summed E-state index contributed by atoms with van der Waals surface area (Å²) in [5.74, 6) is 1.37. The van der Waals surface area contributed by atoms with Crippen molar-refractivity contribution >= 4 is 5.91 Å². The zero-order valence-electron chi connectivity index (χ0n) is 10.9. The molecule has 0 aliphatic carbocycles. The van der Waals surface area contributed by atoms with Gasteiger partial charge in [-0.25, -0.2) is 0 Å². The van der Waals surface area contributed by atoms with E-state index >= 15 is 0 Å². The molecule has 0 aromatic rings. The van der Waals surface area contributed by atoms with E-state index in [2.05, 4.69) is 31.4 Å². The molecule has 1 saturated heterocycles. The van der Waals surface area contributed by atoms with Gasteiger partial charge in [-0.05, 0) is 37.8 Å². The molecule has 2 N–H and O–H groups in total. The minimum atomic E-state index is 0.243. The summed E-state index contributed by atoms with van der Waals surface area (Å²) in [6.45, 7) is 8.64. The van der Waals surface area contributed by atoms with Gasteiger partial charge in [0.2, 0.25) is 5.91 Å². The van der Waals surface area contributed by atoms with Crippen molar-refractivity contribution in [2.24, 2.45) is 11.8 Å². The molecule has 0 radical (unpaired) electrons. The van der Waals surface area contributed by atoms with Crippen molar-refractivity contribution in [3.8, 4) is 0 Å². The van der Waals surface area contributed by atoms with Gasteiger partial charge in [0.25, 0.3) is 0 Å². The van der Waals surface area contributed by atoms with E-state index in [1.165, 1.54) is 0 Å². The molecular weight excluding hydrogens is 200 g/mol. The highest BCUT2D eigenvalue weighted by Crippen LogP contribution is 2.18. The Bertz CT molecular complexity index is 210. The van der Waals surface area contributed by atoms with Gasteiger partial charge >= 0.3 is 0 Å². The largest absolute Gasteiger partial charge is 0.353 e. The monoisotopic (exact) mass is 226 g/mol. The van der Waals surface area contributed by atoms with Gasteiger partial charge in [0, 0.05) is 12.5 Å². The molecule has 1 atom stereocenters. The Morgan fingerprint density at radius 3 is 2.50 bits per heavy atom. The van der Waals surface area contributed by atoms with Gasteiger partial charge in [-0.3, -0.25) is 4.79 Å². The standard InChI is InChI=1S/C13H26N2O/c1-4-11(10(2)3)9-13(16)15-12-5-7-14-8-6-12/h10-12,14H,4-9H2,1-3H3,(H,15,16). The third kappa shape index (κ3) is 4.52. The van der Waals surface area contributed by atoms with E-state index in [1.54, 1.807) is 0 Å². The topological polar surface area (TPSA) is 41.1 Å². The predicted molar refractivity (Wildman–Crippen MR) is 67.3 cm³/mol. The molecule has 94 valence electrons. The first-order valence-corrected chi connectivity index (χ1v) is 6.63. The SMILES string of the molecule is CCC(CC(=O)NC1CCNCC1)C(C)C. The van der Waals surface area contributed by atoms with Gasteiger partial charge in [0.15, 0.2) is 0 Å². The fourth-order valence-electron chi connectivity index (χ4n) is 2.34. The molecule has 0 spiro atoms. The van der Waals surface area contributed by atoms with Crippen LogP contribution in [-0.2, 0) is 4.79 Å². The number of amides is 1. The lowest BCUT2D eigenvalue weighted by Gasteiger charge is -2.25. The molecule has 0 bridgehead atoms. The summed E-state index contributed by atoms with van der Waals surface area (Å²) in [6.07, 6.45) is 3.93. The van der Waals surface area contributed by atoms with Gasteiger partial charge < -0.3 is 10.6 Å². The number of hydrogen-bond acceptors (Lipinski definition) is 2. The molecule has 1 fully saturated rings. The van der Waals surface area contributed by atoms with Crippen LogP contribution in [0.5, 0.6) is 0 Å². The van der Waals surface area contributed by atoms with E-state index in [9.17, 15) is 4.79 Å². The molecule has 0 aromatic carbocycles. The van der Waals surface area contributed by atoms with Crippen LogP contribution in [0.15, 0.2) is 0 Å². The number of piperidine rings is 1. The zero-order chi connectivity index (χ0) is 12.0. The second-order valence-corrected chi connectivity index (χ2v) is 5.21.